The maximum absolute atomic E-state index is 7.85. The van der Waals surface area contributed by atoms with Crippen LogP contribution in [0.15, 0.2) is 85.1 Å². The van der Waals surface area contributed by atoms with E-state index in [1.807, 2.05) is 13.8 Å². The van der Waals surface area contributed by atoms with Crippen molar-refractivity contribution >= 4 is 49.0 Å². The smallest absolute Gasteiger partial charge is 0.252 e. The minimum absolute atomic E-state index is 0.599. The first kappa shape index (κ1) is 20.9. The van der Waals surface area contributed by atoms with Crippen molar-refractivity contribution in [1.29, 1.82) is 0 Å². The molecule has 3 heterocycles. The van der Waals surface area contributed by atoms with E-state index >= 15 is 0 Å². The number of rotatable bonds is 2. The zero-order valence-electron chi connectivity index (χ0n) is 20.9. The molecular formula is C33H26N3+. The molecule has 7 rings (SSSR count). The SMILES string of the molecule is [C-]#[N+]C(C)(C)c1cc2cc[n+](C)c3c4c(C)ccc5c6cc(-c7ccccc7)ccc6n(c(c1)c23)c54. The van der Waals surface area contributed by atoms with Crippen LogP contribution < -0.4 is 4.57 Å². The van der Waals surface area contributed by atoms with E-state index < -0.39 is 5.54 Å². The van der Waals surface area contributed by atoms with Gasteiger partial charge in [0.15, 0.2) is 6.20 Å². The second kappa shape index (κ2) is 7.06. The molecule has 172 valence electrons. The topological polar surface area (TPSA) is 12.7 Å². The van der Waals surface area contributed by atoms with Crippen LogP contribution in [0.4, 0.5) is 0 Å². The van der Waals surface area contributed by atoms with Crippen molar-refractivity contribution in [3.05, 3.63) is 108 Å². The second-order valence-corrected chi connectivity index (χ2v) is 10.5. The van der Waals surface area contributed by atoms with Crippen molar-refractivity contribution < 1.29 is 4.57 Å². The van der Waals surface area contributed by atoms with Gasteiger partial charge in [-0.1, -0.05) is 48.5 Å². The van der Waals surface area contributed by atoms with E-state index in [-0.39, 0.29) is 0 Å². The molecule has 3 heteroatoms. The van der Waals surface area contributed by atoms with Crippen molar-refractivity contribution in [1.82, 2.24) is 4.40 Å². The highest BCUT2D eigenvalue weighted by Crippen LogP contribution is 2.43. The Bertz CT molecular complexity index is 2040. The molecule has 3 aromatic heterocycles. The monoisotopic (exact) mass is 464 g/mol. The van der Waals surface area contributed by atoms with Crippen LogP contribution in [0.3, 0.4) is 0 Å². The zero-order valence-corrected chi connectivity index (χ0v) is 20.9. The summed E-state index contributed by atoms with van der Waals surface area (Å²) in [5.41, 5.74) is 9.03. The fraction of sp³-hybridized carbons (Fsp3) is 0.152. The molecular weight excluding hydrogens is 438 g/mol. The molecule has 36 heavy (non-hydrogen) atoms. The van der Waals surface area contributed by atoms with E-state index in [1.54, 1.807) is 0 Å². The molecule has 0 amide bonds. The Labute approximate surface area is 210 Å². The Balaban J connectivity index is 1.76. The van der Waals surface area contributed by atoms with Gasteiger partial charge in [0.05, 0.1) is 27.3 Å². The van der Waals surface area contributed by atoms with Gasteiger partial charge < -0.3 is 9.25 Å². The van der Waals surface area contributed by atoms with E-state index in [1.165, 1.54) is 60.2 Å². The van der Waals surface area contributed by atoms with Gasteiger partial charge >= 0.3 is 0 Å². The number of fused-ring (bicyclic) bond motifs is 5. The zero-order chi connectivity index (χ0) is 24.8. The summed E-state index contributed by atoms with van der Waals surface area (Å²) in [4.78, 5) is 3.97. The molecule has 0 aliphatic carbocycles. The van der Waals surface area contributed by atoms with Crippen LogP contribution in [-0.2, 0) is 12.6 Å². The molecule has 0 radical (unpaired) electrons. The highest BCUT2D eigenvalue weighted by Gasteiger charge is 2.30. The third kappa shape index (κ3) is 2.64. The summed E-state index contributed by atoms with van der Waals surface area (Å²) in [7, 11) is 2.14. The largest absolute Gasteiger partial charge is 0.307 e. The van der Waals surface area contributed by atoms with Crippen LogP contribution in [0.5, 0.6) is 0 Å². The number of hydrogen-bond donors (Lipinski definition) is 0. The number of benzene rings is 4. The molecule has 0 fully saturated rings. The summed E-state index contributed by atoms with van der Waals surface area (Å²) in [5, 5.41) is 6.24. The van der Waals surface area contributed by atoms with E-state index in [9.17, 15) is 0 Å². The highest BCUT2D eigenvalue weighted by atomic mass is 15.0. The third-order valence-electron chi connectivity index (χ3n) is 7.92. The van der Waals surface area contributed by atoms with E-state index in [4.69, 9.17) is 6.57 Å². The lowest BCUT2D eigenvalue weighted by molar-refractivity contribution is -0.643. The summed E-state index contributed by atoms with van der Waals surface area (Å²) < 4.78 is 4.70. The standard InChI is InChI=1S/C33H26N3/c1-20-11-13-25-26-18-22(21-9-7-6-8-10-21)12-14-27(26)36-28-19-24(33(2,3)34-4)17-23-15-16-35(5)32(30(23)28)29(20)31(25)36/h6-19H,1-3,5H3/q+1. The first-order chi connectivity index (χ1) is 17.4. The van der Waals surface area contributed by atoms with E-state index in [0.717, 1.165) is 11.1 Å². The average molecular weight is 465 g/mol. The lowest BCUT2D eigenvalue weighted by Crippen LogP contribution is -2.29. The Kier molecular flexibility index (Phi) is 4.10. The molecule has 0 bridgehead atoms. The minimum Gasteiger partial charge on any atom is -0.307 e. The van der Waals surface area contributed by atoms with Gasteiger partial charge in [0.25, 0.3) is 5.54 Å². The van der Waals surface area contributed by atoms with Gasteiger partial charge in [-0.05, 0) is 53.3 Å². The van der Waals surface area contributed by atoms with E-state index in [2.05, 4.69) is 113 Å². The fourth-order valence-electron chi connectivity index (χ4n) is 5.94. The summed E-state index contributed by atoms with van der Waals surface area (Å²) >= 11 is 0. The van der Waals surface area contributed by atoms with Gasteiger partial charge in [-0.25, -0.2) is 11.1 Å². The molecule has 0 atom stereocenters. The molecule has 0 N–H and O–H groups in total. The molecule has 0 aliphatic heterocycles. The number of aryl methyl sites for hydroxylation is 2. The van der Waals surface area contributed by atoms with Crippen molar-refractivity contribution in [2.45, 2.75) is 26.3 Å². The fourth-order valence-corrected chi connectivity index (χ4v) is 5.94. The molecule has 0 aliphatic rings. The van der Waals surface area contributed by atoms with Crippen LogP contribution >= 0.6 is 0 Å². The van der Waals surface area contributed by atoms with Crippen LogP contribution in [-0.4, -0.2) is 4.40 Å². The number of aromatic nitrogens is 2. The Hall–Kier alpha value is -4.42. The summed E-state index contributed by atoms with van der Waals surface area (Å²) in [6.07, 6.45) is 2.15. The Morgan fingerprint density at radius 2 is 1.61 bits per heavy atom. The predicted molar refractivity (Wildman–Crippen MR) is 150 cm³/mol. The molecule has 0 spiro atoms. The molecule has 0 saturated heterocycles. The Morgan fingerprint density at radius 3 is 2.39 bits per heavy atom. The average Bonchev–Trinajstić information content (AvgIpc) is 3.23. The normalized spacial score (nSPS) is 12.4. The molecule has 7 aromatic rings. The lowest BCUT2D eigenvalue weighted by Gasteiger charge is -2.17. The maximum Gasteiger partial charge on any atom is 0.252 e. The maximum atomic E-state index is 7.85. The summed E-state index contributed by atoms with van der Waals surface area (Å²) in [6.45, 7) is 14.1. The summed E-state index contributed by atoms with van der Waals surface area (Å²) in [6, 6.07) is 28.6. The van der Waals surface area contributed by atoms with Crippen LogP contribution in [0.2, 0.25) is 0 Å². The van der Waals surface area contributed by atoms with Crippen molar-refractivity contribution in [3.8, 4) is 11.1 Å². The van der Waals surface area contributed by atoms with Crippen LogP contribution in [0.25, 0.3) is 65.0 Å². The first-order valence-corrected chi connectivity index (χ1v) is 12.4. The van der Waals surface area contributed by atoms with Crippen LogP contribution in [0, 0.1) is 13.5 Å². The van der Waals surface area contributed by atoms with E-state index in [0.29, 0.717) is 0 Å². The number of pyridine rings is 2. The number of nitrogens with zero attached hydrogens (tertiary/aromatic N) is 3. The number of hydrogen-bond acceptors (Lipinski definition) is 0. The summed E-state index contributed by atoms with van der Waals surface area (Å²) in [5.74, 6) is 0. The van der Waals surface area contributed by atoms with Gasteiger partial charge in [-0.15, -0.1) is 0 Å². The predicted octanol–water partition coefficient (Wildman–Crippen LogP) is 7.94. The molecule has 3 nitrogen and oxygen atoms in total. The molecule has 0 unspecified atom stereocenters. The molecule has 0 saturated carbocycles. The molecule has 4 aromatic carbocycles. The lowest BCUT2D eigenvalue weighted by atomic mass is 9.91. The van der Waals surface area contributed by atoms with Gasteiger partial charge in [0, 0.05) is 36.2 Å². The van der Waals surface area contributed by atoms with Gasteiger partial charge in [-0.2, -0.15) is 0 Å². The van der Waals surface area contributed by atoms with Gasteiger partial charge in [-0.3, -0.25) is 0 Å². The van der Waals surface area contributed by atoms with Gasteiger partial charge in [0.2, 0.25) is 5.52 Å². The van der Waals surface area contributed by atoms with Crippen molar-refractivity contribution in [3.63, 3.8) is 0 Å². The highest BCUT2D eigenvalue weighted by molar-refractivity contribution is 6.26. The van der Waals surface area contributed by atoms with Crippen LogP contribution in [0.1, 0.15) is 25.0 Å². The third-order valence-corrected chi connectivity index (χ3v) is 7.92. The Morgan fingerprint density at radius 1 is 0.806 bits per heavy atom. The minimum atomic E-state index is -0.599. The second-order valence-electron chi connectivity index (χ2n) is 10.5. The first-order valence-electron chi connectivity index (χ1n) is 12.4. The quantitative estimate of drug-likeness (QED) is 0.107. The van der Waals surface area contributed by atoms with Gasteiger partial charge in [0.1, 0.15) is 7.05 Å². The van der Waals surface area contributed by atoms with Crippen molar-refractivity contribution in [2.75, 3.05) is 0 Å². The van der Waals surface area contributed by atoms with Crippen molar-refractivity contribution in [2.24, 2.45) is 7.05 Å².